The lowest BCUT2D eigenvalue weighted by molar-refractivity contribution is -0.139. The van der Waals surface area contributed by atoms with Crippen LogP contribution < -0.4 is 4.74 Å². The van der Waals surface area contributed by atoms with Crippen molar-refractivity contribution in [3.63, 3.8) is 0 Å². The number of hydrogen-bond acceptors (Lipinski definition) is 7. The van der Waals surface area contributed by atoms with Crippen LogP contribution in [0.25, 0.3) is 22.3 Å². The highest BCUT2D eigenvalue weighted by molar-refractivity contribution is 5.87. The SMILES string of the molecule is C=C(C)C(=O)OCCCc1cc(-c2ccc(-c3ccc(C4CCC(C)CC4)cc3)cc2)cc(CCCOC(=O)C(=C)C)c1OCCC(CO)(CO)CCC. The van der Waals surface area contributed by atoms with Crippen molar-refractivity contribution < 1.29 is 34.0 Å². The first-order valence-electron chi connectivity index (χ1n) is 19.9. The van der Waals surface area contributed by atoms with Crippen molar-refractivity contribution in [3.8, 4) is 28.0 Å². The van der Waals surface area contributed by atoms with Gasteiger partial charge in [0, 0.05) is 16.6 Å². The molecule has 292 valence electrons. The number of aliphatic hydroxyl groups excluding tert-OH is 2. The third kappa shape index (κ3) is 12.2. The summed E-state index contributed by atoms with van der Waals surface area (Å²) in [4.78, 5) is 24.2. The van der Waals surface area contributed by atoms with Crippen molar-refractivity contribution in [1.29, 1.82) is 0 Å². The van der Waals surface area contributed by atoms with Gasteiger partial charge in [0.15, 0.2) is 0 Å². The zero-order valence-electron chi connectivity index (χ0n) is 33.1. The van der Waals surface area contributed by atoms with Gasteiger partial charge >= 0.3 is 11.9 Å². The summed E-state index contributed by atoms with van der Waals surface area (Å²) in [6.07, 6.45) is 9.51. The second-order valence-corrected chi connectivity index (χ2v) is 15.5. The zero-order valence-corrected chi connectivity index (χ0v) is 33.1. The highest BCUT2D eigenvalue weighted by atomic mass is 16.5. The van der Waals surface area contributed by atoms with E-state index < -0.39 is 17.4 Å². The molecule has 0 saturated heterocycles. The molecule has 0 unspecified atom stereocenters. The maximum absolute atomic E-state index is 12.1. The number of benzene rings is 3. The Morgan fingerprint density at radius 3 is 1.61 bits per heavy atom. The quantitative estimate of drug-likeness (QED) is 0.0637. The third-order valence-electron chi connectivity index (χ3n) is 10.9. The molecule has 54 heavy (non-hydrogen) atoms. The largest absolute Gasteiger partial charge is 0.493 e. The average molecular weight is 739 g/mol. The van der Waals surface area contributed by atoms with Crippen LogP contribution in [-0.2, 0) is 31.9 Å². The van der Waals surface area contributed by atoms with Gasteiger partial charge in [0.2, 0.25) is 0 Å². The van der Waals surface area contributed by atoms with Crippen LogP contribution in [0, 0.1) is 11.3 Å². The predicted octanol–water partition coefficient (Wildman–Crippen LogP) is 9.96. The summed E-state index contributed by atoms with van der Waals surface area (Å²) in [5.74, 6) is 1.41. The molecular formula is C47H62O7. The second-order valence-electron chi connectivity index (χ2n) is 15.5. The fourth-order valence-electron chi connectivity index (χ4n) is 7.37. The Bertz CT molecular complexity index is 1620. The molecule has 1 saturated carbocycles. The van der Waals surface area contributed by atoms with Gasteiger partial charge in [0.05, 0.1) is 33.0 Å². The van der Waals surface area contributed by atoms with Gasteiger partial charge in [-0.15, -0.1) is 0 Å². The highest BCUT2D eigenvalue weighted by Gasteiger charge is 2.28. The predicted molar refractivity (Wildman–Crippen MR) is 217 cm³/mol. The third-order valence-corrected chi connectivity index (χ3v) is 10.9. The molecule has 2 N–H and O–H groups in total. The Hall–Kier alpha value is -4.20. The van der Waals surface area contributed by atoms with Crippen molar-refractivity contribution in [2.45, 2.75) is 104 Å². The van der Waals surface area contributed by atoms with Gasteiger partial charge < -0.3 is 24.4 Å². The standard InChI is InChI=1S/C47H62O7/c1-7-24-47(31-48,32-49)25-28-52-44-41(10-8-26-53-45(50)33(2)3)29-43(30-42(44)11-9-27-54-46(51)34(4)5)40-22-20-39(21-23-40)38-18-16-37(17-19-38)36-14-12-35(6)13-15-36/h16-23,29-30,35-36,48-49H,2,4,7-15,24-28,31-32H2,1,3,5-6H3. The fraction of sp³-hybridized carbons (Fsp3) is 0.489. The molecule has 0 aliphatic heterocycles. The average Bonchev–Trinajstić information content (AvgIpc) is 3.18. The lowest BCUT2D eigenvalue weighted by Gasteiger charge is -2.30. The lowest BCUT2D eigenvalue weighted by Crippen LogP contribution is -2.31. The smallest absolute Gasteiger partial charge is 0.333 e. The molecule has 0 radical (unpaired) electrons. The van der Waals surface area contributed by atoms with E-state index in [0.29, 0.717) is 62.2 Å². The van der Waals surface area contributed by atoms with E-state index in [-0.39, 0.29) is 26.4 Å². The second kappa shape index (κ2) is 21.0. The molecule has 7 heteroatoms. The Morgan fingerprint density at radius 1 is 0.704 bits per heavy atom. The van der Waals surface area contributed by atoms with Crippen LogP contribution in [0.1, 0.15) is 108 Å². The van der Waals surface area contributed by atoms with E-state index in [1.165, 1.54) is 36.8 Å². The van der Waals surface area contributed by atoms with E-state index in [9.17, 15) is 19.8 Å². The monoisotopic (exact) mass is 738 g/mol. The van der Waals surface area contributed by atoms with Crippen LogP contribution in [-0.4, -0.2) is 55.2 Å². The Kier molecular flexibility index (Phi) is 16.6. The molecule has 1 fully saturated rings. The Labute approximate surface area is 323 Å². The van der Waals surface area contributed by atoms with E-state index in [1.807, 2.05) is 6.92 Å². The number of carbonyl (C=O) groups excluding carboxylic acids is 2. The summed E-state index contributed by atoms with van der Waals surface area (Å²) >= 11 is 0. The van der Waals surface area contributed by atoms with Crippen molar-refractivity contribution in [2.24, 2.45) is 11.3 Å². The van der Waals surface area contributed by atoms with E-state index >= 15 is 0 Å². The molecule has 0 heterocycles. The van der Waals surface area contributed by atoms with Gasteiger partial charge in [0.25, 0.3) is 0 Å². The molecule has 0 atom stereocenters. The Balaban J connectivity index is 1.63. The van der Waals surface area contributed by atoms with Crippen LogP contribution in [0.4, 0.5) is 0 Å². The highest BCUT2D eigenvalue weighted by Crippen LogP contribution is 2.38. The van der Waals surface area contributed by atoms with Crippen LogP contribution in [0.2, 0.25) is 0 Å². The molecule has 7 nitrogen and oxygen atoms in total. The normalized spacial score (nSPS) is 15.7. The zero-order chi connectivity index (χ0) is 39.1. The molecule has 4 rings (SSSR count). The molecule has 3 aromatic rings. The van der Waals surface area contributed by atoms with Crippen molar-refractivity contribution >= 4 is 11.9 Å². The van der Waals surface area contributed by atoms with Gasteiger partial charge in [0.1, 0.15) is 5.75 Å². The number of esters is 2. The first kappa shape index (κ1) is 42.5. The first-order valence-corrected chi connectivity index (χ1v) is 19.9. The minimum atomic E-state index is -0.626. The number of aryl methyl sites for hydroxylation is 2. The van der Waals surface area contributed by atoms with Gasteiger partial charge in [-0.25, -0.2) is 9.59 Å². The van der Waals surface area contributed by atoms with E-state index in [0.717, 1.165) is 45.9 Å². The molecule has 0 aromatic heterocycles. The summed E-state index contributed by atoms with van der Waals surface area (Å²) in [6, 6.07) is 22.0. The molecular weight excluding hydrogens is 677 g/mol. The molecule has 1 aliphatic carbocycles. The summed E-state index contributed by atoms with van der Waals surface area (Å²) in [7, 11) is 0. The van der Waals surface area contributed by atoms with Gasteiger partial charge in [-0.1, -0.05) is 94.8 Å². The number of ether oxygens (including phenoxy) is 3. The summed E-state index contributed by atoms with van der Waals surface area (Å²) in [6.45, 7) is 15.6. The summed E-state index contributed by atoms with van der Waals surface area (Å²) in [5.41, 5.74) is 7.92. The lowest BCUT2D eigenvalue weighted by atomic mass is 9.79. The fourth-order valence-corrected chi connectivity index (χ4v) is 7.37. The van der Waals surface area contributed by atoms with Crippen molar-refractivity contribution in [1.82, 2.24) is 0 Å². The summed E-state index contributed by atoms with van der Waals surface area (Å²) in [5, 5.41) is 20.4. The minimum absolute atomic E-state index is 0.123. The molecule has 3 aromatic carbocycles. The number of hydrogen-bond donors (Lipinski definition) is 2. The number of rotatable bonds is 21. The van der Waals surface area contributed by atoms with Crippen LogP contribution in [0.15, 0.2) is 85.0 Å². The summed E-state index contributed by atoms with van der Waals surface area (Å²) < 4.78 is 17.4. The first-order chi connectivity index (χ1) is 26.0. The van der Waals surface area contributed by atoms with E-state index in [2.05, 4.69) is 80.7 Å². The van der Waals surface area contributed by atoms with Crippen molar-refractivity contribution in [2.75, 3.05) is 33.0 Å². The molecule has 0 bridgehead atoms. The van der Waals surface area contributed by atoms with Gasteiger partial charge in [-0.05, 0) is 128 Å². The van der Waals surface area contributed by atoms with Gasteiger partial charge in [-0.3, -0.25) is 0 Å². The number of aliphatic hydroxyl groups is 2. The van der Waals surface area contributed by atoms with Crippen LogP contribution in [0.3, 0.4) is 0 Å². The minimum Gasteiger partial charge on any atom is -0.493 e. The van der Waals surface area contributed by atoms with Gasteiger partial charge in [-0.2, -0.15) is 0 Å². The van der Waals surface area contributed by atoms with Crippen LogP contribution >= 0.6 is 0 Å². The number of carbonyl (C=O) groups is 2. The maximum Gasteiger partial charge on any atom is 0.333 e. The Morgan fingerprint density at radius 2 is 1.17 bits per heavy atom. The molecule has 0 spiro atoms. The topological polar surface area (TPSA) is 102 Å². The maximum atomic E-state index is 12.1. The van der Waals surface area contributed by atoms with E-state index in [1.54, 1.807) is 13.8 Å². The van der Waals surface area contributed by atoms with Crippen LogP contribution in [0.5, 0.6) is 5.75 Å². The van der Waals surface area contributed by atoms with E-state index in [4.69, 9.17) is 14.2 Å². The molecule has 1 aliphatic rings. The van der Waals surface area contributed by atoms with Crippen molar-refractivity contribution in [3.05, 3.63) is 102 Å². The molecule has 0 amide bonds.